The number of nitrogens with zero attached hydrogens (tertiary/aromatic N) is 6. The maximum Gasteiger partial charge on any atom is 0.282 e. The van der Waals surface area contributed by atoms with Crippen molar-refractivity contribution in [2.45, 2.75) is 49.7 Å². The van der Waals surface area contributed by atoms with E-state index in [1.807, 2.05) is 35.2 Å². The second kappa shape index (κ2) is 12.8. The minimum Gasteiger partial charge on any atom is -0.475 e. The van der Waals surface area contributed by atoms with Crippen molar-refractivity contribution >= 4 is 39.8 Å². The largest absolute Gasteiger partial charge is 0.475 e. The van der Waals surface area contributed by atoms with Crippen molar-refractivity contribution in [3.63, 3.8) is 0 Å². The number of dihydropyridines is 1. The van der Waals surface area contributed by atoms with E-state index in [4.69, 9.17) is 21.3 Å². The van der Waals surface area contributed by atoms with Crippen LogP contribution in [0, 0.1) is 28.6 Å². The summed E-state index contributed by atoms with van der Waals surface area (Å²) in [5, 5.41) is 22.3. The predicted octanol–water partition coefficient (Wildman–Crippen LogP) is 6.47. The lowest BCUT2D eigenvalue weighted by molar-refractivity contribution is -0.133. The summed E-state index contributed by atoms with van der Waals surface area (Å²) >= 11 is 6.64. The van der Waals surface area contributed by atoms with Crippen molar-refractivity contribution in [3.05, 3.63) is 88.6 Å². The quantitative estimate of drug-likeness (QED) is 0.328. The monoisotopic (exact) mass is 668 g/mol. The number of rotatable bonds is 6. The molecule has 246 valence electrons. The summed E-state index contributed by atoms with van der Waals surface area (Å²) in [6, 6.07) is 14.3. The van der Waals surface area contributed by atoms with Crippen molar-refractivity contribution in [2.24, 2.45) is 10.9 Å². The Hall–Kier alpha value is -4.51. The number of piperazine rings is 1. The van der Waals surface area contributed by atoms with Gasteiger partial charge in [0.25, 0.3) is 5.91 Å². The zero-order valence-corrected chi connectivity index (χ0v) is 27.2. The third-order valence-corrected chi connectivity index (χ3v) is 10.8. The number of carbonyl (C=O) groups is 1. The molecule has 3 atom stereocenters. The van der Waals surface area contributed by atoms with Crippen LogP contribution in [0.4, 0.5) is 8.78 Å². The van der Waals surface area contributed by atoms with Crippen LogP contribution in [-0.4, -0.2) is 83.5 Å². The lowest BCUT2D eigenvalue weighted by Gasteiger charge is -2.45. The SMILES string of the molecule is C=C(F)C(=O)N1CCN(C2=C(C#N)C(OCC34CCCN3CCC4)=NC3C=C(c4cccc5cccc(Cl)c45)C(F)=CC23)C[C@@H]1CC#N. The van der Waals surface area contributed by atoms with Crippen LogP contribution in [0.1, 0.15) is 37.7 Å². The molecule has 1 aliphatic carbocycles. The number of aliphatic imine (C=N–C) groups is 1. The van der Waals surface area contributed by atoms with E-state index in [2.05, 4.69) is 23.6 Å². The van der Waals surface area contributed by atoms with Gasteiger partial charge in [-0.1, -0.05) is 48.5 Å². The van der Waals surface area contributed by atoms with E-state index >= 15 is 4.39 Å². The maximum atomic E-state index is 16.4. The average molecular weight is 669 g/mol. The van der Waals surface area contributed by atoms with E-state index < -0.39 is 35.6 Å². The lowest BCUT2D eigenvalue weighted by atomic mass is 9.81. The number of ether oxygens (including phenoxy) is 1. The van der Waals surface area contributed by atoms with E-state index in [1.54, 1.807) is 12.1 Å². The van der Waals surface area contributed by atoms with Crippen molar-refractivity contribution in [3.8, 4) is 12.1 Å². The summed E-state index contributed by atoms with van der Waals surface area (Å²) in [6.45, 7) is 6.06. The zero-order chi connectivity index (χ0) is 33.6. The first-order chi connectivity index (χ1) is 23.2. The smallest absolute Gasteiger partial charge is 0.282 e. The summed E-state index contributed by atoms with van der Waals surface area (Å²) in [4.78, 5) is 23.3. The molecule has 3 fully saturated rings. The van der Waals surface area contributed by atoms with Crippen molar-refractivity contribution < 1.29 is 18.3 Å². The predicted molar refractivity (Wildman–Crippen MR) is 180 cm³/mol. The minimum absolute atomic E-state index is 0.0509. The standard InChI is InChI=1S/C37H35ClF2N6O2/c1-23(39)36(47)46-17-16-44(21-25(46)10-13-41)34-28-18-31(40)27(26-8-2-6-24-7-3-9-30(38)33(24)26)19-32(28)43-35(29(34)20-42)48-22-37-11-4-14-45(37)15-5-12-37/h2-3,6-9,18-19,25,28,32H,1,4-5,10-12,14-17,21-22H2/t25-,28?,32?/m0/s1. The molecule has 2 aromatic carbocycles. The van der Waals surface area contributed by atoms with E-state index in [0.717, 1.165) is 49.5 Å². The molecule has 48 heavy (non-hydrogen) atoms. The number of amides is 1. The number of nitriles is 2. The van der Waals surface area contributed by atoms with Crippen LogP contribution in [0.25, 0.3) is 16.3 Å². The topological polar surface area (TPSA) is 96.0 Å². The number of hydrogen-bond acceptors (Lipinski definition) is 7. The van der Waals surface area contributed by atoms with Gasteiger partial charge in [0.05, 0.1) is 30.1 Å². The van der Waals surface area contributed by atoms with Gasteiger partial charge in [-0.05, 0) is 67.9 Å². The molecule has 0 spiro atoms. The lowest BCUT2D eigenvalue weighted by Crippen LogP contribution is -2.56. The summed E-state index contributed by atoms with van der Waals surface area (Å²) in [5.41, 5.74) is 1.62. The van der Waals surface area contributed by atoms with Gasteiger partial charge in [0.1, 0.15) is 24.1 Å². The molecule has 0 radical (unpaired) electrons. The first kappa shape index (κ1) is 32.1. The molecular formula is C37H35ClF2N6O2. The molecule has 0 bridgehead atoms. The fraction of sp³-hybridized carbons (Fsp3) is 0.405. The molecule has 4 heterocycles. The van der Waals surface area contributed by atoms with E-state index in [9.17, 15) is 19.7 Å². The molecule has 3 saturated heterocycles. The molecule has 5 aliphatic rings. The van der Waals surface area contributed by atoms with E-state index in [1.165, 1.54) is 11.0 Å². The summed E-state index contributed by atoms with van der Waals surface area (Å²) < 4.78 is 36.9. The summed E-state index contributed by atoms with van der Waals surface area (Å²) in [5.74, 6) is -2.88. The van der Waals surface area contributed by atoms with Gasteiger partial charge in [0, 0.05) is 47.2 Å². The Morgan fingerprint density at radius 1 is 1.10 bits per heavy atom. The summed E-state index contributed by atoms with van der Waals surface area (Å²) in [6.07, 6.45) is 7.43. The Morgan fingerprint density at radius 3 is 2.56 bits per heavy atom. The Kier molecular flexibility index (Phi) is 8.57. The number of carbonyl (C=O) groups excluding carboxylic acids is 1. The second-order valence-electron chi connectivity index (χ2n) is 13.1. The van der Waals surface area contributed by atoms with Gasteiger partial charge >= 0.3 is 0 Å². The Labute approximate surface area is 283 Å². The Balaban J connectivity index is 1.30. The van der Waals surface area contributed by atoms with Gasteiger partial charge in [-0.25, -0.2) is 13.8 Å². The Morgan fingerprint density at radius 2 is 1.85 bits per heavy atom. The number of hydrogen-bond donors (Lipinski definition) is 0. The van der Waals surface area contributed by atoms with Crippen LogP contribution < -0.4 is 0 Å². The Bertz CT molecular complexity index is 1890. The molecule has 1 amide bonds. The number of halogens is 3. The number of allylic oxidation sites excluding steroid dienone is 2. The first-order valence-electron chi connectivity index (χ1n) is 16.4. The highest BCUT2D eigenvalue weighted by molar-refractivity contribution is 6.36. The molecule has 2 unspecified atom stereocenters. The van der Waals surface area contributed by atoms with Crippen LogP contribution in [0.5, 0.6) is 0 Å². The van der Waals surface area contributed by atoms with Crippen LogP contribution in [0.15, 0.2) is 83.0 Å². The van der Waals surface area contributed by atoms with Gasteiger partial charge in [0.15, 0.2) is 5.83 Å². The fourth-order valence-electron chi connectivity index (χ4n) is 8.30. The van der Waals surface area contributed by atoms with Gasteiger partial charge in [-0.15, -0.1) is 0 Å². The van der Waals surface area contributed by atoms with Gasteiger partial charge in [-0.3, -0.25) is 9.69 Å². The molecule has 11 heteroatoms. The third kappa shape index (κ3) is 5.47. The molecule has 4 aliphatic heterocycles. The third-order valence-electron chi connectivity index (χ3n) is 10.5. The molecule has 0 N–H and O–H groups in total. The molecule has 8 nitrogen and oxygen atoms in total. The maximum absolute atomic E-state index is 16.4. The first-order valence-corrected chi connectivity index (χ1v) is 16.8. The highest BCUT2D eigenvalue weighted by atomic mass is 35.5. The zero-order valence-electron chi connectivity index (χ0n) is 26.5. The van der Waals surface area contributed by atoms with Crippen LogP contribution in [0.2, 0.25) is 5.02 Å². The highest BCUT2D eigenvalue weighted by Crippen LogP contribution is 2.44. The fourth-order valence-corrected chi connectivity index (χ4v) is 8.58. The van der Waals surface area contributed by atoms with Crippen LogP contribution in [0.3, 0.4) is 0 Å². The normalized spacial score (nSPS) is 25.0. The number of benzene rings is 2. The average Bonchev–Trinajstić information content (AvgIpc) is 3.67. The number of fused-ring (bicyclic) bond motifs is 3. The van der Waals surface area contributed by atoms with Crippen LogP contribution in [-0.2, 0) is 9.53 Å². The van der Waals surface area contributed by atoms with Gasteiger partial charge in [0.2, 0.25) is 5.90 Å². The highest BCUT2D eigenvalue weighted by Gasteiger charge is 2.46. The van der Waals surface area contributed by atoms with E-state index in [-0.39, 0.29) is 43.1 Å². The molecule has 0 saturated carbocycles. The van der Waals surface area contributed by atoms with Crippen molar-refractivity contribution in [2.75, 3.05) is 39.3 Å². The van der Waals surface area contributed by atoms with Crippen molar-refractivity contribution in [1.82, 2.24) is 14.7 Å². The van der Waals surface area contributed by atoms with Gasteiger partial charge < -0.3 is 14.5 Å². The van der Waals surface area contributed by atoms with E-state index in [0.29, 0.717) is 28.5 Å². The molecule has 7 rings (SSSR count). The van der Waals surface area contributed by atoms with Crippen molar-refractivity contribution in [1.29, 1.82) is 10.5 Å². The molecule has 2 aromatic rings. The minimum atomic E-state index is -1.10. The summed E-state index contributed by atoms with van der Waals surface area (Å²) in [7, 11) is 0. The van der Waals surface area contributed by atoms with Gasteiger partial charge in [-0.2, -0.15) is 10.5 Å². The van der Waals surface area contributed by atoms with Crippen LogP contribution >= 0.6 is 11.6 Å². The molecular weight excluding hydrogens is 634 g/mol. The molecule has 0 aromatic heterocycles. The second-order valence-corrected chi connectivity index (χ2v) is 13.5.